The summed E-state index contributed by atoms with van der Waals surface area (Å²) in [7, 11) is 1.61. The fraction of sp³-hybridized carbons (Fsp3) is 0.500. The minimum Gasteiger partial charge on any atom is -0.495 e. The van der Waals surface area contributed by atoms with Crippen LogP contribution in [0, 0.1) is 5.41 Å². The second-order valence-electron chi connectivity index (χ2n) is 4.76. The van der Waals surface area contributed by atoms with Crippen LogP contribution in [0.4, 0.5) is 5.69 Å². The Morgan fingerprint density at radius 3 is 2.47 bits per heavy atom. The highest BCUT2D eigenvalue weighted by Gasteiger charge is 2.09. The molecule has 0 aliphatic heterocycles. The summed E-state index contributed by atoms with van der Waals surface area (Å²) in [5, 5.41) is 3.97. The highest BCUT2D eigenvalue weighted by molar-refractivity contribution is 6.32. The number of methoxy groups -OCH3 is 1. The standard InChI is InChI=1S/C12H18ClNO/c1-12(2,3)8-14-9-5-6-11(15-4)10(13)7-9/h5-7,14H,8H2,1-4H3. The minimum absolute atomic E-state index is 0.256. The molecule has 0 radical (unpaired) electrons. The molecule has 3 heteroatoms. The molecule has 0 saturated carbocycles. The Morgan fingerprint density at radius 2 is 2.00 bits per heavy atom. The molecule has 0 unspecified atom stereocenters. The lowest BCUT2D eigenvalue weighted by molar-refractivity contribution is 0.415. The molecule has 1 aromatic carbocycles. The largest absolute Gasteiger partial charge is 0.495 e. The van der Waals surface area contributed by atoms with Gasteiger partial charge in [-0.05, 0) is 23.6 Å². The molecular formula is C12H18ClNO. The van der Waals surface area contributed by atoms with Crippen LogP contribution in [-0.4, -0.2) is 13.7 Å². The molecule has 0 aliphatic rings. The maximum absolute atomic E-state index is 6.01. The van der Waals surface area contributed by atoms with E-state index in [1.165, 1.54) is 0 Å². The zero-order chi connectivity index (χ0) is 11.5. The van der Waals surface area contributed by atoms with Crippen LogP contribution in [-0.2, 0) is 0 Å². The highest BCUT2D eigenvalue weighted by Crippen LogP contribution is 2.27. The molecule has 0 fully saturated rings. The van der Waals surface area contributed by atoms with Crippen LogP contribution < -0.4 is 10.1 Å². The molecule has 1 rings (SSSR count). The van der Waals surface area contributed by atoms with Crippen LogP contribution in [0.25, 0.3) is 0 Å². The highest BCUT2D eigenvalue weighted by atomic mass is 35.5. The predicted octanol–water partition coefficient (Wildman–Crippen LogP) is 3.81. The Bertz CT molecular complexity index is 331. The summed E-state index contributed by atoms with van der Waals surface area (Å²) in [6.07, 6.45) is 0. The van der Waals surface area contributed by atoms with Gasteiger partial charge in [-0.2, -0.15) is 0 Å². The molecule has 0 bridgehead atoms. The van der Waals surface area contributed by atoms with Gasteiger partial charge in [-0.3, -0.25) is 0 Å². The van der Waals surface area contributed by atoms with Crippen molar-refractivity contribution in [1.29, 1.82) is 0 Å². The Kier molecular flexibility index (Phi) is 3.86. The number of benzene rings is 1. The average molecular weight is 228 g/mol. The van der Waals surface area contributed by atoms with E-state index in [9.17, 15) is 0 Å². The second-order valence-corrected chi connectivity index (χ2v) is 5.17. The van der Waals surface area contributed by atoms with Gasteiger partial charge in [-0.25, -0.2) is 0 Å². The number of rotatable bonds is 3. The number of anilines is 1. The van der Waals surface area contributed by atoms with Crippen LogP contribution in [0.2, 0.25) is 5.02 Å². The molecule has 0 amide bonds. The summed E-state index contributed by atoms with van der Waals surface area (Å²) < 4.78 is 5.09. The summed E-state index contributed by atoms with van der Waals surface area (Å²) in [5.41, 5.74) is 1.28. The first kappa shape index (κ1) is 12.2. The smallest absolute Gasteiger partial charge is 0.137 e. The maximum atomic E-state index is 6.01. The average Bonchev–Trinajstić information content (AvgIpc) is 2.14. The molecule has 1 aromatic rings. The van der Waals surface area contributed by atoms with Gasteiger partial charge in [0, 0.05) is 12.2 Å². The first-order valence-corrected chi connectivity index (χ1v) is 5.37. The lowest BCUT2D eigenvalue weighted by atomic mass is 9.97. The minimum atomic E-state index is 0.256. The van der Waals surface area contributed by atoms with Gasteiger partial charge in [0.25, 0.3) is 0 Å². The Hall–Kier alpha value is -0.890. The van der Waals surface area contributed by atoms with E-state index < -0.39 is 0 Å². The maximum Gasteiger partial charge on any atom is 0.137 e. The van der Waals surface area contributed by atoms with Crippen molar-refractivity contribution in [3.05, 3.63) is 23.2 Å². The van der Waals surface area contributed by atoms with Gasteiger partial charge in [0.1, 0.15) is 5.75 Å². The summed E-state index contributed by atoms with van der Waals surface area (Å²) in [4.78, 5) is 0. The molecule has 2 nitrogen and oxygen atoms in total. The van der Waals surface area contributed by atoms with Crippen LogP contribution >= 0.6 is 11.6 Å². The van der Waals surface area contributed by atoms with E-state index in [0.717, 1.165) is 12.2 Å². The van der Waals surface area contributed by atoms with Crippen molar-refractivity contribution in [1.82, 2.24) is 0 Å². The van der Waals surface area contributed by atoms with Crippen LogP contribution in [0.5, 0.6) is 5.75 Å². The number of ether oxygens (including phenoxy) is 1. The lowest BCUT2D eigenvalue weighted by Crippen LogP contribution is -2.18. The van der Waals surface area contributed by atoms with E-state index in [1.54, 1.807) is 7.11 Å². The van der Waals surface area contributed by atoms with E-state index in [2.05, 4.69) is 26.1 Å². The SMILES string of the molecule is COc1ccc(NCC(C)(C)C)cc1Cl. The van der Waals surface area contributed by atoms with Gasteiger partial charge in [0.05, 0.1) is 12.1 Å². The topological polar surface area (TPSA) is 21.3 Å². The molecule has 84 valence electrons. The van der Waals surface area contributed by atoms with E-state index in [1.807, 2.05) is 18.2 Å². The fourth-order valence-electron chi connectivity index (χ4n) is 1.14. The van der Waals surface area contributed by atoms with Crippen molar-refractivity contribution >= 4 is 17.3 Å². The van der Waals surface area contributed by atoms with Gasteiger partial charge in [-0.1, -0.05) is 32.4 Å². The normalized spacial score (nSPS) is 11.3. The van der Waals surface area contributed by atoms with Crippen molar-refractivity contribution in [3.63, 3.8) is 0 Å². The van der Waals surface area contributed by atoms with Gasteiger partial charge in [0.15, 0.2) is 0 Å². The lowest BCUT2D eigenvalue weighted by Gasteiger charge is -2.19. The van der Waals surface area contributed by atoms with Crippen LogP contribution in [0.3, 0.4) is 0 Å². The molecule has 15 heavy (non-hydrogen) atoms. The number of nitrogens with one attached hydrogen (secondary N) is 1. The Morgan fingerprint density at radius 1 is 1.33 bits per heavy atom. The molecule has 0 aromatic heterocycles. The van der Waals surface area contributed by atoms with Gasteiger partial charge in [-0.15, -0.1) is 0 Å². The van der Waals surface area contributed by atoms with E-state index in [0.29, 0.717) is 10.8 Å². The Labute approximate surface area is 96.6 Å². The molecule has 0 heterocycles. The quantitative estimate of drug-likeness (QED) is 0.848. The monoisotopic (exact) mass is 227 g/mol. The second kappa shape index (κ2) is 4.75. The summed E-state index contributed by atoms with van der Waals surface area (Å²) >= 11 is 6.01. The zero-order valence-electron chi connectivity index (χ0n) is 9.73. The molecule has 0 spiro atoms. The predicted molar refractivity (Wildman–Crippen MR) is 65.9 cm³/mol. The van der Waals surface area contributed by atoms with E-state index >= 15 is 0 Å². The van der Waals surface area contributed by atoms with Gasteiger partial charge < -0.3 is 10.1 Å². The molecular weight excluding hydrogens is 210 g/mol. The van der Waals surface area contributed by atoms with Crippen molar-refractivity contribution in [3.8, 4) is 5.75 Å². The van der Waals surface area contributed by atoms with Gasteiger partial charge in [0.2, 0.25) is 0 Å². The van der Waals surface area contributed by atoms with Crippen LogP contribution in [0.1, 0.15) is 20.8 Å². The fourth-order valence-corrected chi connectivity index (χ4v) is 1.40. The molecule has 0 saturated heterocycles. The van der Waals surface area contributed by atoms with Crippen molar-refractivity contribution in [2.75, 3.05) is 19.0 Å². The first-order valence-electron chi connectivity index (χ1n) is 5.00. The zero-order valence-corrected chi connectivity index (χ0v) is 10.5. The summed E-state index contributed by atoms with van der Waals surface area (Å²) in [6.45, 7) is 7.47. The van der Waals surface area contributed by atoms with Crippen molar-refractivity contribution in [2.24, 2.45) is 5.41 Å². The molecule has 1 N–H and O–H groups in total. The number of halogens is 1. The number of hydrogen-bond donors (Lipinski definition) is 1. The van der Waals surface area contributed by atoms with E-state index in [-0.39, 0.29) is 5.41 Å². The summed E-state index contributed by atoms with van der Waals surface area (Å²) in [5.74, 6) is 0.706. The van der Waals surface area contributed by atoms with Crippen molar-refractivity contribution < 1.29 is 4.74 Å². The van der Waals surface area contributed by atoms with Crippen molar-refractivity contribution in [2.45, 2.75) is 20.8 Å². The van der Waals surface area contributed by atoms with Crippen LogP contribution in [0.15, 0.2) is 18.2 Å². The van der Waals surface area contributed by atoms with Gasteiger partial charge >= 0.3 is 0 Å². The summed E-state index contributed by atoms with van der Waals surface area (Å²) in [6, 6.07) is 5.72. The third-order valence-corrected chi connectivity index (χ3v) is 2.27. The Balaban J connectivity index is 2.68. The van der Waals surface area contributed by atoms with E-state index in [4.69, 9.17) is 16.3 Å². The number of hydrogen-bond acceptors (Lipinski definition) is 2. The molecule has 0 aliphatic carbocycles. The third kappa shape index (κ3) is 4.00. The molecule has 0 atom stereocenters. The first-order chi connectivity index (χ1) is 6.92. The third-order valence-electron chi connectivity index (χ3n) is 1.97.